The highest BCUT2D eigenvalue weighted by Crippen LogP contribution is 2.37. The van der Waals surface area contributed by atoms with E-state index in [9.17, 15) is 22.8 Å². The number of carbonyl (C=O) groups is 2. The number of anilines is 1. The highest BCUT2D eigenvalue weighted by atomic mass is 35.5. The number of ether oxygens (including phenoxy) is 1. The molecule has 1 amide bonds. The van der Waals surface area contributed by atoms with Crippen molar-refractivity contribution in [3.8, 4) is 0 Å². The van der Waals surface area contributed by atoms with Crippen LogP contribution >= 0.6 is 11.6 Å². The topological polar surface area (TPSA) is 87.9 Å². The van der Waals surface area contributed by atoms with E-state index in [2.05, 4.69) is 16.6 Å². The number of carbonyl (C=O) groups excluding carboxylic acids is 1. The van der Waals surface area contributed by atoms with E-state index in [1.165, 1.54) is 17.0 Å². The Labute approximate surface area is 255 Å². The molecule has 2 aromatic rings. The predicted molar refractivity (Wildman–Crippen MR) is 160 cm³/mol. The number of hydrogen-bond acceptors (Lipinski definition) is 5. The lowest BCUT2D eigenvalue weighted by molar-refractivity contribution is -0.0496. The first kappa shape index (κ1) is 33.9. The lowest BCUT2D eigenvalue weighted by Crippen LogP contribution is -2.54. The number of rotatable bonds is 10. The molecule has 0 unspecified atom stereocenters. The molecule has 0 bridgehead atoms. The second-order valence-corrected chi connectivity index (χ2v) is 10.6. The maximum atomic E-state index is 14.4. The molecule has 234 valence electrons. The average Bonchev–Trinajstić information content (AvgIpc) is 3.28. The van der Waals surface area contributed by atoms with Gasteiger partial charge >= 0.3 is 12.1 Å². The normalized spacial score (nSPS) is 17.4. The Morgan fingerprint density at radius 2 is 1.79 bits per heavy atom. The van der Waals surface area contributed by atoms with Gasteiger partial charge < -0.3 is 9.84 Å². The van der Waals surface area contributed by atoms with Gasteiger partial charge in [-0.1, -0.05) is 39.0 Å². The molecule has 1 aromatic carbocycles. The summed E-state index contributed by atoms with van der Waals surface area (Å²) in [5.74, 6) is -3.36. The number of carboxylic acids is 1. The number of nitrogens with zero attached hydrogens (tertiary/aromatic N) is 4. The van der Waals surface area contributed by atoms with Gasteiger partial charge in [-0.2, -0.15) is 5.10 Å². The molecule has 0 radical (unpaired) electrons. The van der Waals surface area contributed by atoms with E-state index in [4.69, 9.17) is 21.4 Å². The highest BCUT2D eigenvalue weighted by Gasteiger charge is 2.43. The van der Waals surface area contributed by atoms with E-state index in [-0.39, 0.29) is 23.9 Å². The van der Waals surface area contributed by atoms with Crippen LogP contribution in [0.1, 0.15) is 68.1 Å². The van der Waals surface area contributed by atoms with Gasteiger partial charge in [0, 0.05) is 75.7 Å². The third kappa shape index (κ3) is 8.29. The van der Waals surface area contributed by atoms with E-state index >= 15 is 0 Å². The summed E-state index contributed by atoms with van der Waals surface area (Å²) < 4.78 is 47.5. The van der Waals surface area contributed by atoms with E-state index in [1.807, 2.05) is 20.8 Å². The number of hydrogen-bond donors (Lipinski definition) is 1. The Balaban J connectivity index is 0.00000248. The Hall–Kier alpha value is -3.57. The molecule has 1 spiro atoms. The molecule has 0 atom stereocenters. The second-order valence-electron chi connectivity index (χ2n) is 10.3. The van der Waals surface area contributed by atoms with Crippen molar-refractivity contribution in [2.45, 2.75) is 71.6 Å². The van der Waals surface area contributed by atoms with Crippen molar-refractivity contribution in [2.75, 3.05) is 24.5 Å². The van der Waals surface area contributed by atoms with E-state index in [0.717, 1.165) is 6.42 Å². The van der Waals surface area contributed by atoms with Crippen LogP contribution in [0, 0.1) is 0 Å². The van der Waals surface area contributed by atoms with Gasteiger partial charge in [-0.05, 0) is 36.3 Å². The van der Waals surface area contributed by atoms with Crippen LogP contribution in [0.25, 0.3) is 0 Å². The molecule has 2 fully saturated rings. The number of allylic oxidation sites excluding steroid dienone is 4. The van der Waals surface area contributed by atoms with E-state index in [1.54, 1.807) is 16.8 Å². The number of aryl methyl sites for hydroxylation is 1. The minimum atomic E-state index is -1.34. The summed E-state index contributed by atoms with van der Waals surface area (Å²) in [6, 6.07) is 6.09. The van der Waals surface area contributed by atoms with Gasteiger partial charge in [0.05, 0.1) is 11.3 Å². The Bertz CT molecular complexity index is 1370. The zero-order valence-electron chi connectivity index (χ0n) is 24.7. The Morgan fingerprint density at radius 1 is 1.16 bits per heavy atom. The van der Waals surface area contributed by atoms with Gasteiger partial charge in [-0.15, -0.1) is 0 Å². The fourth-order valence-electron chi connectivity index (χ4n) is 5.14. The summed E-state index contributed by atoms with van der Waals surface area (Å²) in [4.78, 5) is 27.7. The van der Waals surface area contributed by atoms with Gasteiger partial charge in [0.2, 0.25) is 0 Å². The maximum Gasteiger partial charge on any atom is 0.414 e. The smallest absolute Gasteiger partial charge is 0.414 e. The van der Waals surface area contributed by atoms with Crippen LogP contribution in [0.3, 0.4) is 0 Å². The standard InChI is InChI=1S/C29H32ClF3N4O4.C2H6/c1-3-11-37-26(30)23(25(34-37)15-19(2)24(33)16-21(32)17-31)18-35-12-8-29(9-13-35)10-14-36(28(40)41-29)22-6-4-20(5-7-22)27(38)39;1-2/h4-7,16-17H,2-3,8-15,18H2,1H3,(H,38,39);1-2H3/b21-17-,24-16+;. The number of piperidine rings is 1. The molecule has 3 heterocycles. The summed E-state index contributed by atoms with van der Waals surface area (Å²) in [7, 11) is 0. The van der Waals surface area contributed by atoms with Crippen molar-refractivity contribution in [1.82, 2.24) is 14.7 Å². The number of halogens is 4. The Kier molecular flexibility index (Phi) is 12.0. The van der Waals surface area contributed by atoms with Crippen LogP contribution in [0.5, 0.6) is 0 Å². The monoisotopic (exact) mass is 622 g/mol. The maximum absolute atomic E-state index is 14.4. The van der Waals surface area contributed by atoms with Crippen molar-refractivity contribution in [2.24, 2.45) is 0 Å². The molecule has 2 aliphatic rings. The largest absolute Gasteiger partial charge is 0.478 e. The number of carboxylic acid groups (broad SMARTS) is 1. The molecule has 4 rings (SSSR count). The summed E-state index contributed by atoms with van der Waals surface area (Å²) >= 11 is 6.67. The molecule has 2 saturated heterocycles. The van der Waals surface area contributed by atoms with Crippen molar-refractivity contribution in [3.63, 3.8) is 0 Å². The quantitative estimate of drug-likeness (QED) is 0.272. The number of amides is 1. The van der Waals surface area contributed by atoms with Gasteiger partial charge in [-0.3, -0.25) is 14.5 Å². The molecule has 2 aliphatic heterocycles. The molecular weight excluding hydrogens is 585 g/mol. The number of aromatic carboxylic acids is 1. The second kappa shape index (κ2) is 15.2. The third-order valence-corrected chi connectivity index (χ3v) is 7.90. The summed E-state index contributed by atoms with van der Waals surface area (Å²) in [5, 5.41) is 14.1. The van der Waals surface area contributed by atoms with Crippen molar-refractivity contribution < 1.29 is 32.6 Å². The van der Waals surface area contributed by atoms with Gasteiger partial charge in [0.1, 0.15) is 22.9 Å². The fourth-order valence-corrected chi connectivity index (χ4v) is 5.43. The third-order valence-electron chi connectivity index (χ3n) is 7.48. The minimum Gasteiger partial charge on any atom is -0.478 e. The first-order valence-electron chi connectivity index (χ1n) is 14.4. The number of benzene rings is 1. The fraction of sp³-hybridized carbons (Fsp3) is 0.452. The average molecular weight is 623 g/mol. The molecule has 1 aromatic heterocycles. The van der Waals surface area contributed by atoms with Crippen molar-refractivity contribution in [1.29, 1.82) is 0 Å². The molecule has 0 aliphatic carbocycles. The molecule has 1 N–H and O–H groups in total. The van der Waals surface area contributed by atoms with E-state index in [0.29, 0.717) is 80.2 Å². The van der Waals surface area contributed by atoms with Gasteiger partial charge in [0.25, 0.3) is 0 Å². The van der Waals surface area contributed by atoms with Crippen LogP contribution in [0.4, 0.5) is 23.7 Å². The predicted octanol–water partition coefficient (Wildman–Crippen LogP) is 7.78. The first-order chi connectivity index (χ1) is 20.6. The van der Waals surface area contributed by atoms with E-state index < -0.39 is 29.3 Å². The molecule has 8 nitrogen and oxygen atoms in total. The van der Waals surface area contributed by atoms with Crippen LogP contribution in [-0.2, 0) is 24.2 Å². The molecule has 0 saturated carbocycles. The zero-order chi connectivity index (χ0) is 31.7. The van der Waals surface area contributed by atoms with Crippen LogP contribution < -0.4 is 4.90 Å². The van der Waals surface area contributed by atoms with Crippen molar-refractivity contribution >= 4 is 29.4 Å². The Morgan fingerprint density at radius 3 is 2.35 bits per heavy atom. The summed E-state index contributed by atoms with van der Waals surface area (Å²) in [6.45, 7) is 12.3. The van der Waals surface area contributed by atoms with Crippen LogP contribution in [0.15, 0.2) is 60.5 Å². The SMILES string of the molecule is C=C(Cc1nn(CCC)c(Cl)c1CN1CCC2(CC1)CCN(c1ccc(C(=O)O)cc1)C(=O)O2)/C(F)=C\C(F)=C\F.CC. The number of likely N-dealkylation sites (tertiary alicyclic amines) is 1. The van der Waals surface area contributed by atoms with Crippen LogP contribution in [-0.4, -0.2) is 57.1 Å². The number of aromatic nitrogens is 2. The highest BCUT2D eigenvalue weighted by molar-refractivity contribution is 6.30. The molecular formula is C31H38ClF3N4O4. The lowest BCUT2D eigenvalue weighted by Gasteiger charge is -2.45. The van der Waals surface area contributed by atoms with Crippen LogP contribution in [0.2, 0.25) is 5.15 Å². The molecule has 43 heavy (non-hydrogen) atoms. The summed E-state index contributed by atoms with van der Waals surface area (Å²) in [5.41, 5.74) is 1.30. The lowest BCUT2D eigenvalue weighted by atomic mass is 9.86. The minimum absolute atomic E-state index is 0.0215. The van der Waals surface area contributed by atoms with Gasteiger partial charge in [-0.25, -0.2) is 22.8 Å². The van der Waals surface area contributed by atoms with Gasteiger partial charge in [0.15, 0.2) is 5.83 Å². The molecule has 12 heteroatoms. The first-order valence-corrected chi connectivity index (χ1v) is 14.7. The van der Waals surface area contributed by atoms with Crippen molar-refractivity contribution in [3.05, 3.63) is 82.5 Å². The summed E-state index contributed by atoms with van der Waals surface area (Å²) in [6.07, 6.45) is 2.25. The zero-order valence-corrected chi connectivity index (χ0v) is 25.5.